The summed E-state index contributed by atoms with van der Waals surface area (Å²) in [6.45, 7) is 5.10. The predicted molar refractivity (Wildman–Crippen MR) is 101 cm³/mol. The summed E-state index contributed by atoms with van der Waals surface area (Å²) in [4.78, 5) is 27.4. The van der Waals surface area contributed by atoms with Crippen LogP contribution in [0.3, 0.4) is 0 Å². The first-order valence-electron chi connectivity index (χ1n) is 10.6. The Labute approximate surface area is 161 Å². The van der Waals surface area contributed by atoms with Crippen molar-refractivity contribution in [3.8, 4) is 0 Å². The van der Waals surface area contributed by atoms with E-state index in [1.54, 1.807) is 6.07 Å². The summed E-state index contributed by atoms with van der Waals surface area (Å²) in [6, 6.07) is 2.03. The highest BCUT2D eigenvalue weighted by molar-refractivity contribution is 5.92. The van der Waals surface area contributed by atoms with Gasteiger partial charge in [-0.05, 0) is 64.2 Å². The van der Waals surface area contributed by atoms with Crippen molar-refractivity contribution in [2.45, 2.75) is 83.2 Å². The second-order valence-electron chi connectivity index (χ2n) is 8.92. The van der Waals surface area contributed by atoms with Crippen molar-refractivity contribution in [1.82, 2.24) is 15.4 Å². The van der Waals surface area contributed by atoms with E-state index in [9.17, 15) is 9.59 Å². The molecule has 2 aliphatic carbocycles. The van der Waals surface area contributed by atoms with Crippen LogP contribution in [0.15, 0.2) is 10.6 Å². The van der Waals surface area contributed by atoms with E-state index in [0.717, 1.165) is 69.6 Å². The molecule has 1 N–H and O–H groups in total. The first-order chi connectivity index (χ1) is 13.0. The quantitative estimate of drug-likeness (QED) is 0.877. The zero-order valence-corrected chi connectivity index (χ0v) is 16.4. The number of carbonyl (C=O) groups excluding carboxylic acids is 2. The summed E-state index contributed by atoms with van der Waals surface area (Å²) < 4.78 is 5.28. The fraction of sp³-hybridized carbons (Fsp3) is 0.762. The zero-order chi connectivity index (χ0) is 19.0. The summed E-state index contributed by atoms with van der Waals surface area (Å²) in [6.07, 6.45) is 8.24. The van der Waals surface area contributed by atoms with Gasteiger partial charge >= 0.3 is 0 Å². The summed E-state index contributed by atoms with van der Waals surface area (Å²) in [5.41, 5.74) is 0.374. The minimum atomic E-state index is -0.163. The number of likely N-dealkylation sites (tertiary alicyclic amines) is 1. The average Bonchev–Trinajstić information content (AvgIpc) is 3.38. The lowest BCUT2D eigenvalue weighted by atomic mass is 9.81. The molecule has 0 radical (unpaired) electrons. The topological polar surface area (TPSA) is 75.4 Å². The largest absolute Gasteiger partial charge is 0.360 e. The normalized spacial score (nSPS) is 31.6. The third-order valence-electron chi connectivity index (χ3n) is 6.60. The molecule has 148 valence electrons. The minimum Gasteiger partial charge on any atom is -0.360 e. The maximum absolute atomic E-state index is 12.9. The average molecular weight is 373 g/mol. The first kappa shape index (κ1) is 18.5. The molecule has 4 rings (SSSR count). The van der Waals surface area contributed by atoms with Crippen LogP contribution in [-0.2, 0) is 4.79 Å². The number of carbonyl (C=O) groups is 2. The van der Waals surface area contributed by atoms with Crippen molar-refractivity contribution >= 4 is 11.8 Å². The summed E-state index contributed by atoms with van der Waals surface area (Å²) in [7, 11) is 0. The smallest absolute Gasteiger partial charge is 0.273 e. The van der Waals surface area contributed by atoms with Crippen molar-refractivity contribution in [2.24, 2.45) is 11.8 Å². The number of piperidine rings is 1. The van der Waals surface area contributed by atoms with Gasteiger partial charge in [-0.25, -0.2) is 0 Å². The lowest BCUT2D eigenvalue weighted by Crippen LogP contribution is -2.52. The van der Waals surface area contributed by atoms with E-state index in [-0.39, 0.29) is 23.9 Å². The van der Waals surface area contributed by atoms with Gasteiger partial charge in [0.25, 0.3) is 5.91 Å². The minimum absolute atomic E-state index is 0.0870. The van der Waals surface area contributed by atoms with E-state index in [1.165, 1.54) is 0 Å². The molecule has 3 fully saturated rings. The van der Waals surface area contributed by atoms with Crippen LogP contribution in [0.5, 0.6) is 0 Å². The maximum atomic E-state index is 12.9. The van der Waals surface area contributed by atoms with E-state index in [4.69, 9.17) is 4.52 Å². The highest BCUT2D eigenvalue weighted by Gasteiger charge is 2.35. The van der Waals surface area contributed by atoms with Gasteiger partial charge in [0.1, 0.15) is 5.76 Å². The number of hydrogen-bond acceptors (Lipinski definition) is 4. The van der Waals surface area contributed by atoms with Gasteiger partial charge in [-0.1, -0.05) is 12.1 Å². The molecule has 0 spiro atoms. The predicted octanol–water partition coefficient (Wildman–Crippen LogP) is 3.49. The van der Waals surface area contributed by atoms with Gasteiger partial charge in [0.05, 0.1) is 0 Å². The molecule has 27 heavy (non-hydrogen) atoms. The molecule has 0 bridgehead atoms. The number of nitrogens with zero attached hydrogens (tertiary/aromatic N) is 2. The molecule has 6 nitrogen and oxygen atoms in total. The van der Waals surface area contributed by atoms with Crippen LogP contribution in [0.4, 0.5) is 0 Å². The summed E-state index contributed by atoms with van der Waals surface area (Å²) in [5, 5.41) is 7.00. The third-order valence-corrected chi connectivity index (χ3v) is 6.60. The molecular formula is C21H31N3O3. The van der Waals surface area contributed by atoms with Crippen LogP contribution in [0.25, 0.3) is 0 Å². The molecule has 0 aromatic carbocycles. The lowest BCUT2D eigenvalue weighted by molar-refractivity contribution is -0.140. The fourth-order valence-corrected chi connectivity index (χ4v) is 4.59. The number of rotatable bonds is 4. The third kappa shape index (κ3) is 4.19. The number of nitrogens with one attached hydrogen (secondary N) is 1. The van der Waals surface area contributed by atoms with E-state index in [2.05, 4.69) is 24.3 Å². The van der Waals surface area contributed by atoms with Crippen LogP contribution >= 0.6 is 0 Å². The number of hydrogen-bond donors (Lipinski definition) is 1. The molecule has 3 aliphatic rings. The molecule has 0 unspecified atom stereocenters. The molecule has 1 aliphatic heterocycles. The number of amides is 2. The molecule has 6 heteroatoms. The Hall–Kier alpha value is -1.85. The van der Waals surface area contributed by atoms with Crippen LogP contribution < -0.4 is 5.32 Å². The SMILES string of the molecule is CC1CCC(C(=O)N2CC[C@H](NC(=O)c3cc(C4CC4)on3)C[C@@H]2C)CC1. The van der Waals surface area contributed by atoms with Gasteiger partial charge in [0.2, 0.25) is 5.91 Å². The van der Waals surface area contributed by atoms with Gasteiger partial charge in [-0.15, -0.1) is 0 Å². The highest BCUT2D eigenvalue weighted by atomic mass is 16.5. The van der Waals surface area contributed by atoms with Crippen molar-refractivity contribution in [2.75, 3.05) is 6.54 Å². The van der Waals surface area contributed by atoms with Crippen molar-refractivity contribution in [3.63, 3.8) is 0 Å². The molecule has 2 amide bonds. The summed E-state index contributed by atoms with van der Waals surface area (Å²) in [5.74, 6) is 2.40. The van der Waals surface area contributed by atoms with E-state index >= 15 is 0 Å². The summed E-state index contributed by atoms with van der Waals surface area (Å²) >= 11 is 0. The van der Waals surface area contributed by atoms with Crippen LogP contribution in [0, 0.1) is 11.8 Å². The monoisotopic (exact) mass is 373 g/mol. The maximum Gasteiger partial charge on any atom is 0.273 e. The van der Waals surface area contributed by atoms with Crippen molar-refractivity contribution in [1.29, 1.82) is 0 Å². The Balaban J connectivity index is 1.28. The van der Waals surface area contributed by atoms with E-state index in [0.29, 0.717) is 17.5 Å². The zero-order valence-electron chi connectivity index (χ0n) is 16.4. The van der Waals surface area contributed by atoms with Crippen molar-refractivity contribution < 1.29 is 14.1 Å². The molecule has 2 atom stereocenters. The second kappa shape index (κ2) is 7.64. The lowest BCUT2D eigenvalue weighted by Gasteiger charge is -2.40. The first-order valence-corrected chi connectivity index (χ1v) is 10.6. The Morgan fingerprint density at radius 2 is 1.85 bits per heavy atom. The van der Waals surface area contributed by atoms with E-state index in [1.807, 2.05) is 4.90 Å². The van der Waals surface area contributed by atoms with Gasteiger partial charge in [0.15, 0.2) is 5.69 Å². The van der Waals surface area contributed by atoms with Gasteiger partial charge < -0.3 is 14.7 Å². The molecule has 2 saturated carbocycles. The molecular weight excluding hydrogens is 342 g/mol. The van der Waals surface area contributed by atoms with Gasteiger partial charge in [-0.2, -0.15) is 0 Å². The molecule has 2 heterocycles. The van der Waals surface area contributed by atoms with Crippen LogP contribution in [0.2, 0.25) is 0 Å². The van der Waals surface area contributed by atoms with Gasteiger partial charge in [0, 0.05) is 36.5 Å². The molecule has 1 aromatic rings. The Morgan fingerprint density at radius 1 is 1.11 bits per heavy atom. The fourth-order valence-electron chi connectivity index (χ4n) is 4.59. The van der Waals surface area contributed by atoms with Crippen LogP contribution in [-0.4, -0.2) is 40.5 Å². The second-order valence-corrected chi connectivity index (χ2v) is 8.92. The Morgan fingerprint density at radius 3 is 2.52 bits per heavy atom. The van der Waals surface area contributed by atoms with E-state index < -0.39 is 0 Å². The highest BCUT2D eigenvalue weighted by Crippen LogP contribution is 2.40. The molecule has 1 saturated heterocycles. The van der Waals surface area contributed by atoms with Crippen molar-refractivity contribution in [3.05, 3.63) is 17.5 Å². The Bertz CT molecular complexity index is 689. The van der Waals surface area contributed by atoms with Gasteiger partial charge in [-0.3, -0.25) is 9.59 Å². The standard InChI is InChI=1S/C21H31N3O3/c1-13-3-5-16(6-4-13)21(26)24-10-9-17(11-14(24)2)22-20(25)18-12-19(27-23-18)15-7-8-15/h12-17H,3-11H2,1-2H3,(H,22,25)/t13?,14-,16?,17-/m0/s1. The number of aromatic nitrogens is 1. The van der Waals surface area contributed by atoms with Crippen LogP contribution in [0.1, 0.15) is 87.4 Å². The molecule has 1 aromatic heterocycles. The Kier molecular flexibility index (Phi) is 5.24.